The third-order valence-corrected chi connectivity index (χ3v) is 6.16. The summed E-state index contributed by atoms with van der Waals surface area (Å²) in [6.45, 7) is 0.251. The first kappa shape index (κ1) is 26.0. The van der Waals surface area contributed by atoms with E-state index >= 15 is 0 Å². The fourth-order valence-corrected chi connectivity index (χ4v) is 4.47. The maximum Gasteiger partial charge on any atom is 0.387 e. The molecule has 2 aromatic heterocycles. The molecule has 0 bridgehead atoms. The molecular formula is C27H28F2N4O4. The second kappa shape index (κ2) is 11.3. The van der Waals surface area contributed by atoms with E-state index < -0.39 is 18.2 Å². The molecule has 2 aromatic carbocycles. The lowest BCUT2D eigenvalue weighted by Gasteiger charge is -2.18. The molecule has 0 saturated carbocycles. The van der Waals surface area contributed by atoms with E-state index in [4.69, 9.17) is 4.74 Å². The summed E-state index contributed by atoms with van der Waals surface area (Å²) < 4.78 is 37.0. The van der Waals surface area contributed by atoms with Crippen LogP contribution >= 0.6 is 0 Å². The molecule has 0 saturated heterocycles. The highest BCUT2D eigenvalue weighted by Gasteiger charge is 2.24. The van der Waals surface area contributed by atoms with E-state index in [9.17, 15) is 18.4 Å². The average molecular weight is 511 g/mol. The van der Waals surface area contributed by atoms with Crippen LogP contribution in [0, 0.1) is 6.92 Å². The van der Waals surface area contributed by atoms with Crippen molar-refractivity contribution >= 4 is 16.9 Å². The van der Waals surface area contributed by atoms with Crippen LogP contribution < -0.4 is 15.0 Å². The molecule has 4 aromatic rings. The summed E-state index contributed by atoms with van der Waals surface area (Å²) in [7, 11) is 1.36. The number of Topliss-reactive ketones (excluding diaryl/α,β-unsaturated/α-hetero) is 1. The first-order valence-electron chi connectivity index (χ1n) is 11.9. The zero-order valence-corrected chi connectivity index (χ0v) is 20.8. The maximum atomic E-state index is 12.9. The largest absolute Gasteiger partial charge is 0.493 e. The summed E-state index contributed by atoms with van der Waals surface area (Å²) >= 11 is 0. The Morgan fingerprint density at radius 2 is 1.84 bits per heavy atom. The fourth-order valence-electron chi connectivity index (χ4n) is 4.47. The van der Waals surface area contributed by atoms with E-state index in [1.165, 1.54) is 31.7 Å². The third-order valence-electron chi connectivity index (χ3n) is 6.16. The Labute approximate surface area is 212 Å². The molecule has 2 heterocycles. The van der Waals surface area contributed by atoms with Crippen LogP contribution in [-0.2, 0) is 17.6 Å². The van der Waals surface area contributed by atoms with E-state index in [1.807, 2.05) is 30.3 Å². The summed E-state index contributed by atoms with van der Waals surface area (Å²) in [5.41, 5.74) is 1.78. The van der Waals surface area contributed by atoms with Crippen LogP contribution in [0.1, 0.15) is 48.6 Å². The number of carbonyl (C=O) groups excluding carboxylic acids is 1. The van der Waals surface area contributed by atoms with Gasteiger partial charge in [0.1, 0.15) is 11.6 Å². The molecule has 0 fully saturated rings. The molecule has 0 amide bonds. The highest BCUT2D eigenvalue weighted by molar-refractivity contribution is 5.82. The van der Waals surface area contributed by atoms with Crippen LogP contribution in [0.2, 0.25) is 0 Å². The smallest absolute Gasteiger partial charge is 0.387 e. The van der Waals surface area contributed by atoms with Gasteiger partial charge in [0.2, 0.25) is 0 Å². The van der Waals surface area contributed by atoms with E-state index in [2.05, 4.69) is 19.7 Å². The first-order chi connectivity index (χ1) is 17.8. The van der Waals surface area contributed by atoms with Crippen molar-refractivity contribution in [3.8, 4) is 11.5 Å². The Hall–Kier alpha value is -4.08. The summed E-state index contributed by atoms with van der Waals surface area (Å²) in [4.78, 5) is 37.3. The van der Waals surface area contributed by atoms with Gasteiger partial charge in [0, 0.05) is 6.42 Å². The summed E-state index contributed by atoms with van der Waals surface area (Å²) in [5.74, 6) is 0.812. The first-order valence-corrected chi connectivity index (χ1v) is 11.9. The lowest BCUT2D eigenvalue weighted by atomic mass is 10.0. The number of fused-ring (bicyclic) bond motifs is 1. The van der Waals surface area contributed by atoms with E-state index in [-0.39, 0.29) is 29.2 Å². The standard InChI is InChI=1S/C27H28F2N4O4/c1-16(34)20(11-7-10-18-8-5-4-6-9-18)33-17(2)30-24-25(33)31-23(32-26(24)35)15-19-12-13-21(36-3)22(14-19)37-27(28)29/h4-6,8-9,12-14,20,27H,7,10-11,15H2,1-3H3,(H,31,32,35). The number of ether oxygens (including phenoxy) is 2. The third kappa shape index (κ3) is 6.02. The molecule has 1 atom stereocenters. The molecule has 10 heteroatoms. The number of alkyl halides is 2. The number of rotatable bonds is 11. The Bertz CT molecular complexity index is 1450. The molecule has 37 heavy (non-hydrogen) atoms. The predicted molar refractivity (Wildman–Crippen MR) is 134 cm³/mol. The Morgan fingerprint density at radius 3 is 2.51 bits per heavy atom. The van der Waals surface area contributed by atoms with Gasteiger partial charge in [-0.05, 0) is 56.4 Å². The van der Waals surface area contributed by atoms with Gasteiger partial charge in [0.15, 0.2) is 28.4 Å². The highest BCUT2D eigenvalue weighted by atomic mass is 19.3. The molecule has 1 unspecified atom stereocenters. The molecule has 194 valence electrons. The molecular weight excluding hydrogens is 482 g/mol. The number of benzene rings is 2. The SMILES string of the molecule is COc1ccc(Cc2nc3c(nc(C)n3C(CCCc3ccccc3)C(C)=O)c(=O)[nH]2)cc1OC(F)F. The summed E-state index contributed by atoms with van der Waals surface area (Å²) in [6, 6.07) is 14.1. The van der Waals surface area contributed by atoms with Gasteiger partial charge < -0.3 is 19.0 Å². The number of imidazole rings is 1. The minimum Gasteiger partial charge on any atom is -0.493 e. The number of H-pyrrole nitrogens is 1. The van der Waals surface area contributed by atoms with Crippen LogP contribution in [0.5, 0.6) is 11.5 Å². The van der Waals surface area contributed by atoms with Gasteiger partial charge in [-0.1, -0.05) is 36.4 Å². The number of aromatic amines is 1. The fraction of sp³-hybridized carbons (Fsp3) is 0.333. The van der Waals surface area contributed by atoms with Gasteiger partial charge in [-0.25, -0.2) is 9.97 Å². The van der Waals surface area contributed by atoms with Crippen molar-refractivity contribution in [3.63, 3.8) is 0 Å². The Kier molecular flexibility index (Phi) is 7.95. The molecule has 0 aliphatic carbocycles. The molecule has 4 rings (SSSR count). The van der Waals surface area contributed by atoms with Crippen molar-refractivity contribution in [3.05, 3.63) is 81.7 Å². The van der Waals surface area contributed by atoms with Crippen molar-refractivity contribution in [1.82, 2.24) is 19.5 Å². The zero-order valence-electron chi connectivity index (χ0n) is 20.8. The molecule has 0 spiro atoms. The monoisotopic (exact) mass is 510 g/mol. The summed E-state index contributed by atoms with van der Waals surface area (Å²) in [6.07, 6.45) is 2.28. The van der Waals surface area contributed by atoms with Crippen molar-refractivity contribution in [2.45, 2.75) is 52.2 Å². The van der Waals surface area contributed by atoms with Crippen molar-refractivity contribution in [1.29, 1.82) is 0 Å². The van der Waals surface area contributed by atoms with Crippen LogP contribution in [-0.4, -0.2) is 39.0 Å². The number of nitrogens with one attached hydrogen (secondary N) is 1. The minimum atomic E-state index is -3.01. The van der Waals surface area contributed by atoms with Crippen molar-refractivity contribution in [2.24, 2.45) is 0 Å². The van der Waals surface area contributed by atoms with E-state index in [0.717, 1.165) is 12.8 Å². The topological polar surface area (TPSA) is 99.1 Å². The quantitative estimate of drug-likeness (QED) is 0.312. The molecule has 8 nitrogen and oxygen atoms in total. The van der Waals surface area contributed by atoms with Crippen LogP contribution in [0.15, 0.2) is 53.3 Å². The minimum absolute atomic E-state index is 0.0527. The van der Waals surface area contributed by atoms with Crippen molar-refractivity contribution < 1.29 is 23.0 Å². The number of carbonyl (C=O) groups is 1. The molecule has 0 aliphatic heterocycles. The lowest BCUT2D eigenvalue weighted by molar-refractivity contribution is -0.120. The molecule has 1 N–H and O–H groups in total. The van der Waals surface area contributed by atoms with E-state index in [1.54, 1.807) is 17.6 Å². The number of hydrogen-bond donors (Lipinski definition) is 1. The Balaban J connectivity index is 1.65. The number of halogens is 2. The van der Waals surface area contributed by atoms with Crippen LogP contribution in [0.3, 0.4) is 0 Å². The van der Waals surface area contributed by atoms with Gasteiger partial charge in [-0.3, -0.25) is 9.59 Å². The van der Waals surface area contributed by atoms with Crippen LogP contribution in [0.4, 0.5) is 8.78 Å². The number of methoxy groups -OCH3 is 1. The number of aromatic nitrogens is 4. The number of hydrogen-bond acceptors (Lipinski definition) is 6. The van der Waals surface area contributed by atoms with E-state index in [0.29, 0.717) is 29.3 Å². The zero-order chi connectivity index (χ0) is 26.5. The predicted octanol–water partition coefficient (Wildman–Crippen LogP) is 4.78. The second-order valence-electron chi connectivity index (χ2n) is 8.76. The maximum absolute atomic E-state index is 12.9. The number of aryl methyl sites for hydroxylation is 2. The van der Waals surface area contributed by atoms with Gasteiger partial charge in [0.05, 0.1) is 13.2 Å². The van der Waals surface area contributed by atoms with Crippen molar-refractivity contribution in [2.75, 3.05) is 7.11 Å². The number of nitrogens with zero attached hydrogens (tertiary/aromatic N) is 3. The van der Waals surface area contributed by atoms with Gasteiger partial charge in [-0.15, -0.1) is 0 Å². The van der Waals surface area contributed by atoms with Gasteiger partial charge >= 0.3 is 6.61 Å². The molecule has 0 radical (unpaired) electrons. The normalized spacial score (nSPS) is 12.2. The second-order valence-corrected chi connectivity index (χ2v) is 8.76. The lowest BCUT2D eigenvalue weighted by Crippen LogP contribution is -2.20. The van der Waals surface area contributed by atoms with Gasteiger partial charge in [0.25, 0.3) is 5.56 Å². The summed E-state index contributed by atoms with van der Waals surface area (Å²) in [5, 5.41) is 0. The molecule has 0 aliphatic rings. The highest BCUT2D eigenvalue weighted by Crippen LogP contribution is 2.30. The van der Waals surface area contributed by atoms with Gasteiger partial charge in [-0.2, -0.15) is 8.78 Å². The number of ketones is 1. The Morgan fingerprint density at radius 1 is 1.08 bits per heavy atom. The van der Waals surface area contributed by atoms with Crippen LogP contribution in [0.25, 0.3) is 11.2 Å². The average Bonchev–Trinajstić information content (AvgIpc) is 3.18.